The van der Waals surface area contributed by atoms with Gasteiger partial charge in [-0.25, -0.2) is 0 Å². The van der Waals surface area contributed by atoms with Crippen LogP contribution in [0.3, 0.4) is 0 Å². The number of carbonyl (C=O) groups excluding carboxylic acids is 1. The van der Waals surface area contributed by atoms with Crippen LogP contribution in [-0.2, 0) is 4.74 Å². The van der Waals surface area contributed by atoms with Crippen molar-refractivity contribution in [2.75, 3.05) is 13.2 Å². The van der Waals surface area contributed by atoms with E-state index in [1.54, 1.807) is 0 Å². The van der Waals surface area contributed by atoms with E-state index in [2.05, 4.69) is 5.32 Å². The molecule has 1 unspecified atom stereocenters. The Morgan fingerprint density at radius 2 is 1.91 bits per heavy atom. The minimum atomic E-state index is -0.184. The van der Waals surface area contributed by atoms with E-state index in [-0.39, 0.29) is 12.0 Å². The van der Waals surface area contributed by atoms with Crippen LogP contribution < -0.4 is 10.0 Å². The molecule has 0 aliphatic rings. The third kappa shape index (κ3) is 4.86. The van der Waals surface area contributed by atoms with Gasteiger partial charge in [0.2, 0.25) is 0 Å². The Balaban J connectivity index is 1.65. The molecule has 5 nitrogen and oxygen atoms in total. The molecule has 0 bridgehead atoms. The molecule has 0 aliphatic carbocycles. The molecule has 1 amide bonds. The van der Waals surface area contributed by atoms with Gasteiger partial charge in [0.25, 0.3) is 5.91 Å². The fourth-order valence-electron chi connectivity index (χ4n) is 2.02. The Morgan fingerprint density at radius 3 is 2.59 bits per heavy atom. The summed E-state index contributed by atoms with van der Waals surface area (Å²) in [6.07, 6.45) is 3.38. The third-order valence-electron chi connectivity index (χ3n) is 3.31. The predicted molar refractivity (Wildman–Crippen MR) is 83.2 cm³/mol. The van der Waals surface area contributed by atoms with Gasteiger partial charge in [-0.3, -0.25) is 4.79 Å². The molecule has 2 aromatic rings. The fraction of sp³-hybridized carbons (Fsp3) is 0.294. The van der Waals surface area contributed by atoms with Crippen LogP contribution >= 0.6 is 0 Å². The minimum Gasteiger partial charge on any atom is -0.619 e. The van der Waals surface area contributed by atoms with E-state index in [0.717, 1.165) is 12.0 Å². The zero-order chi connectivity index (χ0) is 15.8. The lowest BCUT2D eigenvalue weighted by atomic mass is 10.1. The summed E-state index contributed by atoms with van der Waals surface area (Å²) < 4.78 is 6.38. The first kappa shape index (κ1) is 16.0. The summed E-state index contributed by atoms with van der Waals surface area (Å²) in [4.78, 5) is 11.8. The standard InChI is InChI=1S/C17H20N2O3/c1-14(15-6-3-2-4-7-15)22-13-5-10-18-17(20)16-8-11-19(21)12-9-16/h2-4,6-9,11-12,14H,5,10,13H2,1H3,(H,18,20). The van der Waals surface area contributed by atoms with Gasteiger partial charge in [0.1, 0.15) is 0 Å². The molecule has 5 heteroatoms. The molecule has 1 aromatic carbocycles. The molecule has 1 heterocycles. The molecule has 116 valence electrons. The maximum absolute atomic E-state index is 11.8. The molecule has 0 saturated carbocycles. The molecular formula is C17H20N2O3. The summed E-state index contributed by atoms with van der Waals surface area (Å²) in [5, 5.41) is 13.7. The van der Waals surface area contributed by atoms with Crippen molar-refractivity contribution < 1.29 is 14.3 Å². The van der Waals surface area contributed by atoms with Crippen molar-refractivity contribution in [3.63, 3.8) is 0 Å². The van der Waals surface area contributed by atoms with Crippen molar-refractivity contribution in [1.29, 1.82) is 0 Å². The van der Waals surface area contributed by atoms with Crippen LogP contribution in [0.25, 0.3) is 0 Å². The lowest BCUT2D eigenvalue weighted by Gasteiger charge is -2.13. The number of nitrogens with one attached hydrogen (secondary N) is 1. The van der Waals surface area contributed by atoms with Crippen molar-refractivity contribution in [3.05, 3.63) is 71.2 Å². The van der Waals surface area contributed by atoms with Gasteiger partial charge in [-0.2, -0.15) is 4.73 Å². The molecule has 0 radical (unpaired) electrons. The van der Waals surface area contributed by atoms with Gasteiger partial charge < -0.3 is 15.3 Å². The number of ether oxygens (including phenoxy) is 1. The highest BCUT2D eigenvalue weighted by Gasteiger charge is 2.07. The Morgan fingerprint density at radius 1 is 1.23 bits per heavy atom. The zero-order valence-corrected chi connectivity index (χ0v) is 12.6. The van der Waals surface area contributed by atoms with Gasteiger partial charge in [0.15, 0.2) is 12.4 Å². The zero-order valence-electron chi connectivity index (χ0n) is 12.6. The number of pyridine rings is 1. The van der Waals surface area contributed by atoms with Gasteiger partial charge in [0.05, 0.1) is 11.7 Å². The first-order chi connectivity index (χ1) is 10.7. The highest BCUT2D eigenvalue weighted by molar-refractivity contribution is 5.93. The van der Waals surface area contributed by atoms with E-state index in [1.807, 2.05) is 37.3 Å². The fourth-order valence-corrected chi connectivity index (χ4v) is 2.02. The van der Waals surface area contributed by atoms with E-state index in [1.165, 1.54) is 24.5 Å². The number of benzene rings is 1. The van der Waals surface area contributed by atoms with E-state index < -0.39 is 0 Å². The molecule has 1 atom stereocenters. The lowest BCUT2D eigenvalue weighted by Crippen LogP contribution is -2.28. The van der Waals surface area contributed by atoms with Gasteiger partial charge in [-0.05, 0) is 18.9 Å². The summed E-state index contributed by atoms with van der Waals surface area (Å²) >= 11 is 0. The third-order valence-corrected chi connectivity index (χ3v) is 3.31. The van der Waals surface area contributed by atoms with Crippen molar-refractivity contribution in [1.82, 2.24) is 5.32 Å². The average molecular weight is 300 g/mol. The smallest absolute Gasteiger partial charge is 0.251 e. The number of carbonyl (C=O) groups is 1. The van der Waals surface area contributed by atoms with Crippen LogP contribution in [0.4, 0.5) is 0 Å². The Kier molecular flexibility index (Phi) is 5.91. The summed E-state index contributed by atoms with van der Waals surface area (Å²) in [5.74, 6) is -0.184. The maximum atomic E-state index is 11.8. The quantitative estimate of drug-likeness (QED) is 0.484. The molecule has 1 aromatic heterocycles. The lowest BCUT2D eigenvalue weighted by molar-refractivity contribution is -0.605. The summed E-state index contributed by atoms with van der Waals surface area (Å²) in [6.45, 7) is 3.12. The first-order valence-electron chi connectivity index (χ1n) is 7.30. The summed E-state index contributed by atoms with van der Waals surface area (Å²) in [7, 11) is 0. The van der Waals surface area contributed by atoms with Crippen LogP contribution in [0.1, 0.15) is 35.4 Å². The maximum Gasteiger partial charge on any atom is 0.251 e. The monoisotopic (exact) mass is 300 g/mol. The van der Waals surface area contributed by atoms with E-state index in [0.29, 0.717) is 23.4 Å². The highest BCUT2D eigenvalue weighted by Crippen LogP contribution is 2.15. The summed E-state index contributed by atoms with van der Waals surface area (Å²) in [6, 6.07) is 13.0. The second-order valence-electron chi connectivity index (χ2n) is 4.98. The Labute approximate surface area is 130 Å². The van der Waals surface area contributed by atoms with Gasteiger partial charge in [0, 0.05) is 25.3 Å². The predicted octanol–water partition coefficient (Wildman–Crippen LogP) is 2.22. The molecule has 0 spiro atoms. The van der Waals surface area contributed by atoms with Crippen LogP contribution in [-0.4, -0.2) is 19.1 Å². The molecule has 0 fully saturated rings. The van der Waals surface area contributed by atoms with Gasteiger partial charge in [-0.1, -0.05) is 30.3 Å². The Bertz CT molecular complexity index is 585. The molecule has 1 N–H and O–H groups in total. The van der Waals surface area contributed by atoms with Crippen molar-refractivity contribution in [2.45, 2.75) is 19.4 Å². The van der Waals surface area contributed by atoms with E-state index >= 15 is 0 Å². The van der Waals surface area contributed by atoms with E-state index in [9.17, 15) is 10.0 Å². The van der Waals surface area contributed by atoms with Crippen LogP contribution in [0.5, 0.6) is 0 Å². The topological polar surface area (TPSA) is 65.3 Å². The number of hydrogen-bond donors (Lipinski definition) is 1. The number of amides is 1. The Hall–Kier alpha value is -2.40. The highest BCUT2D eigenvalue weighted by atomic mass is 16.5. The van der Waals surface area contributed by atoms with Crippen LogP contribution in [0.2, 0.25) is 0 Å². The number of hydrogen-bond acceptors (Lipinski definition) is 3. The second-order valence-corrected chi connectivity index (χ2v) is 4.98. The van der Waals surface area contributed by atoms with Crippen LogP contribution in [0, 0.1) is 5.21 Å². The molecule has 22 heavy (non-hydrogen) atoms. The number of aromatic nitrogens is 1. The molecule has 0 saturated heterocycles. The van der Waals surface area contributed by atoms with Crippen molar-refractivity contribution in [2.24, 2.45) is 0 Å². The molecular weight excluding hydrogens is 280 g/mol. The van der Waals surface area contributed by atoms with Crippen LogP contribution in [0.15, 0.2) is 54.9 Å². The molecule has 0 aliphatic heterocycles. The number of nitrogens with zero attached hydrogens (tertiary/aromatic N) is 1. The van der Waals surface area contributed by atoms with Gasteiger partial charge >= 0.3 is 0 Å². The van der Waals surface area contributed by atoms with E-state index in [4.69, 9.17) is 4.74 Å². The van der Waals surface area contributed by atoms with Gasteiger partial charge in [-0.15, -0.1) is 0 Å². The second kappa shape index (κ2) is 8.14. The molecule has 2 rings (SSSR count). The average Bonchev–Trinajstić information content (AvgIpc) is 2.55. The minimum absolute atomic E-state index is 0.0403. The normalized spacial score (nSPS) is 11.9. The number of rotatable bonds is 7. The summed E-state index contributed by atoms with van der Waals surface area (Å²) in [5.41, 5.74) is 1.62. The van der Waals surface area contributed by atoms with Crippen molar-refractivity contribution >= 4 is 5.91 Å². The first-order valence-corrected chi connectivity index (χ1v) is 7.30. The largest absolute Gasteiger partial charge is 0.619 e. The SMILES string of the molecule is CC(OCCCNC(=O)c1cc[n+]([O-])cc1)c1ccccc1. The van der Waals surface area contributed by atoms with Crippen molar-refractivity contribution in [3.8, 4) is 0 Å².